The lowest BCUT2D eigenvalue weighted by Crippen LogP contribution is -2.27. The third-order valence-electron chi connectivity index (χ3n) is 3.70. The molecule has 1 N–H and O–H groups in total. The molecule has 1 atom stereocenters. The number of hydrogen-bond acceptors (Lipinski definition) is 5. The molecule has 140 valence electrons. The van der Waals surface area contributed by atoms with Gasteiger partial charge in [-0.2, -0.15) is 0 Å². The molecule has 0 aliphatic heterocycles. The fraction of sp³-hybridized carbons (Fsp3) is 0.150. The van der Waals surface area contributed by atoms with Crippen LogP contribution in [0.1, 0.15) is 12.0 Å². The highest BCUT2D eigenvalue weighted by Gasteiger charge is 2.13. The minimum Gasteiger partial charge on any atom is -0.593 e. The number of carbonyl (C=O) groups excluding carboxylic acids is 1. The average Bonchev–Trinajstić information content (AvgIpc) is 3.10. The average molecular weight is 420 g/mol. The van der Waals surface area contributed by atoms with Crippen LogP contribution < -0.4 is 9.46 Å². The Labute approximate surface area is 170 Å². The van der Waals surface area contributed by atoms with Crippen molar-refractivity contribution >= 4 is 40.3 Å². The summed E-state index contributed by atoms with van der Waals surface area (Å²) in [5, 5.41) is 1.18. The van der Waals surface area contributed by atoms with Crippen LogP contribution in [0.15, 0.2) is 65.6 Å². The molecule has 3 rings (SSSR count). The van der Waals surface area contributed by atoms with Crippen molar-refractivity contribution in [3.8, 4) is 15.5 Å². The molecule has 0 amide bonds. The van der Waals surface area contributed by atoms with Gasteiger partial charge in [-0.15, -0.1) is 4.72 Å². The molecule has 0 aliphatic carbocycles. The topological polar surface area (TPSA) is 61.4 Å². The maximum absolute atomic E-state index is 12.1. The zero-order chi connectivity index (χ0) is 19.2. The van der Waals surface area contributed by atoms with Gasteiger partial charge in [0.15, 0.2) is 9.96 Å². The number of carbonyl (C=O) groups is 1. The van der Waals surface area contributed by atoms with Gasteiger partial charge in [0.1, 0.15) is 0 Å². The Bertz CT molecular complexity index is 912. The molecular formula is C20H18ClNO3S2. The first-order valence-electron chi connectivity index (χ1n) is 8.30. The van der Waals surface area contributed by atoms with Crippen LogP contribution in [0.2, 0.25) is 5.02 Å². The molecule has 27 heavy (non-hydrogen) atoms. The number of halogens is 1. The van der Waals surface area contributed by atoms with Crippen molar-refractivity contribution in [1.29, 1.82) is 0 Å². The van der Waals surface area contributed by atoms with Gasteiger partial charge in [0.2, 0.25) is 0 Å². The lowest BCUT2D eigenvalue weighted by Gasteiger charge is -2.10. The SMILES string of the molecule is Cc1ccc([S+]([O-])NCCC(=O)Oc2ccc(-c3cccc(Cl)c3)s2)cc1. The normalized spacial score (nSPS) is 12.0. The number of rotatable bonds is 7. The highest BCUT2D eigenvalue weighted by atomic mass is 35.5. The Hall–Kier alpha value is -1.83. The van der Waals surface area contributed by atoms with Gasteiger partial charge in [0, 0.05) is 9.90 Å². The summed E-state index contributed by atoms with van der Waals surface area (Å²) < 4.78 is 20.3. The second-order valence-corrected chi connectivity index (χ2v) is 8.61. The molecule has 0 bridgehead atoms. The van der Waals surface area contributed by atoms with Crippen molar-refractivity contribution in [2.75, 3.05) is 6.54 Å². The first kappa shape index (κ1) is 19.9. The Morgan fingerprint density at radius 2 is 1.96 bits per heavy atom. The van der Waals surface area contributed by atoms with Crippen molar-refractivity contribution in [3.63, 3.8) is 0 Å². The Kier molecular flexibility index (Phi) is 6.93. The largest absolute Gasteiger partial charge is 0.593 e. The lowest BCUT2D eigenvalue weighted by atomic mass is 10.2. The van der Waals surface area contributed by atoms with E-state index in [1.165, 1.54) is 11.3 Å². The van der Waals surface area contributed by atoms with Gasteiger partial charge in [0.05, 0.1) is 24.3 Å². The van der Waals surface area contributed by atoms with Crippen molar-refractivity contribution in [2.24, 2.45) is 0 Å². The monoisotopic (exact) mass is 419 g/mol. The van der Waals surface area contributed by atoms with Gasteiger partial charge in [-0.05, 0) is 48.9 Å². The van der Waals surface area contributed by atoms with E-state index in [9.17, 15) is 9.35 Å². The smallest absolute Gasteiger partial charge is 0.313 e. The summed E-state index contributed by atoms with van der Waals surface area (Å²) in [4.78, 5) is 13.6. The fourth-order valence-electron chi connectivity index (χ4n) is 2.33. The molecule has 0 fully saturated rings. The second-order valence-electron chi connectivity index (χ2n) is 5.83. The minimum absolute atomic E-state index is 0.127. The Morgan fingerprint density at radius 1 is 1.19 bits per heavy atom. The number of nitrogens with one attached hydrogen (secondary N) is 1. The number of aryl methyl sites for hydroxylation is 1. The molecule has 2 aromatic carbocycles. The maximum Gasteiger partial charge on any atom is 0.313 e. The third-order valence-corrected chi connectivity index (χ3v) is 6.12. The van der Waals surface area contributed by atoms with Gasteiger partial charge in [-0.3, -0.25) is 4.79 Å². The van der Waals surface area contributed by atoms with E-state index in [0.29, 0.717) is 15.0 Å². The summed E-state index contributed by atoms with van der Waals surface area (Å²) >= 11 is 6.04. The standard InChI is InChI=1S/C20H18ClNO3S2/c1-14-5-7-17(8-6-14)27(24)22-12-11-19(23)25-20-10-9-18(26-20)15-3-2-4-16(21)13-15/h2-10,13,22H,11-12H2,1H3. The number of esters is 1. The van der Waals surface area contributed by atoms with Crippen LogP contribution in [0, 0.1) is 6.92 Å². The predicted octanol–water partition coefficient (Wildman–Crippen LogP) is 4.98. The van der Waals surface area contributed by atoms with E-state index in [4.69, 9.17) is 16.3 Å². The highest BCUT2D eigenvalue weighted by Crippen LogP contribution is 2.34. The first-order chi connectivity index (χ1) is 13.0. The van der Waals surface area contributed by atoms with E-state index >= 15 is 0 Å². The minimum atomic E-state index is -1.35. The molecule has 0 saturated carbocycles. The second kappa shape index (κ2) is 9.39. The van der Waals surface area contributed by atoms with Crippen molar-refractivity contribution < 1.29 is 14.1 Å². The van der Waals surface area contributed by atoms with Crippen LogP contribution in [-0.2, 0) is 16.2 Å². The quantitative estimate of drug-likeness (QED) is 0.433. The summed E-state index contributed by atoms with van der Waals surface area (Å²) in [5.41, 5.74) is 2.08. The molecule has 1 unspecified atom stereocenters. The molecular weight excluding hydrogens is 402 g/mol. The Morgan fingerprint density at radius 3 is 2.70 bits per heavy atom. The molecule has 0 saturated heterocycles. The van der Waals surface area contributed by atoms with Gasteiger partial charge in [-0.25, -0.2) is 0 Å². The number of ether oxygens (including phenoxy) is 1. The molecule has 0 radical (unpaired) electrons. The number of hydrogen-bond donors (Lipinski definition) is 1. The van der Waals surface area contributed by atoms with Gasteiger partial charge >= 0.3 is 5.97 Å². The molecule has 1 heterocycles. The van der Waals surface area contributed by atoms with Crippen molar-refractivity contribution in [3.05, 3.63) is 71.2 Å². The Balaban J connectivity index is 1.47. The summed E-state index contributed by atoms with van der Waals surface area (Å²) in [7, 11) is 0. The maximum atomic E-state index is 12.1. The zero-order valence-electron chi connectivity index (χ0n) is 14.6. The molecule has 4 nitrogen and oxygen atoms in total. The summed E-state index contributed by atoms with van der Waals surface area (Å²) in [6.07, 6.45) is 0.127. The number of thiophene rings is 1. The predicted molar refractivity (Wildman–Crippen MR) is 111 cm³/mol. The molecule has 7 heteroatoms. The zero-order valence-corrected chi connectivity index (χ0v) is 17.0. The van der Waals surface area contributed by atoms with E-state index in [2.05, 4.69) is 4.72 Å². The van der Waals surface area contributed by atoms with Crippen LogP contribution in [0.3, 0.4) is 0 Å². The van der Waals surface area contributed by atoms with Crippen molar-refractivity contribution in [2.45, 2.75) is 18.2 Å². The summed E-state index contributed by atoms with van der Waals surface area (Å²) in [6.45, 7) is 2.24. The van der Waals surface area contributed by atoms with E-state index in [1.54, 1.807) is 18.2 Å². The van der Waals surface area contributed by atoms with E-state index in [-0.39, 0.29) is 18.9 Å². The van der Waals surface area contributed by atoms with Gasteiger partial charge in [-0.1, -0.05) is 52.8 Å². The van der Waals surface area contributed by atoms with Crippen LogP contribution in [0.25, 0.3) is 10.4 Å². The molecule has 3 aromatic rings. The fourth-order valence-corrected chi connectivity index (χ4v) is 4.22. The van der Waals surface area contributed by atoms with E-state index < -0.39 is 11.4 Å². The summed E-state index contributed by atoms with van der Waals surface area (Å²) in [6, 6.07) is 18.6. The van der Waals surface area contributed by atoms with E-state index in [1.807, 2.05) is 49.4 Å². The van der Waals surface area contributed by atoms with Crippen LogP contribution >= 0.6 is 22.9 Å². The van der Waals surface area contributed by atoms with Crippen LogP contribution in [0.5, 0.6) is 5.06 Å². The molecule has 1 aromatic heterocycles. The van der Waals surface area contributed by atoms with Crippen LogP contribution in [0.4, 0.5) is 0 Å². The lowest BCUT2D eigenvalue weighted by molar-refractivity contribution is -0.133. The van der Waals surface area contributed by atoms with E-state index in [0.717, 1.165) is 16.0 Å². The molecule has 0 spiro atoms. The summed E-state index contributed by atoms with van der Waals surface area (Å²) in [5.74, 6) is -0.372. The van der Waals surface area contributed by atoms with Gasteiger partial charge < -0.3 is 9.29 Å². The third kappa shape index (κ3) is 5.82. The first-order valence-corrected chi connectivity index (χ1v) is 10.6. The molecule has 0 aliphatic rings. The van der Waals surface area contributed by atoms with Crippen molar-refractivity contribution in [1.82, 2.24) is 4.72 Å². The number of benzene rings is 2. The van der Waals surface area contributed by atoms with Crippen LogP contribution in [-0.4, -0.2) is 17.1 Å². The van der Waals surface area contributed by atoms with Gasteiger partial charge in [0.25, 0.3) is 0 Å². The highest BCUT2D eigenvalue weighted by molar-refractivity contribution is 7.89.